The Morgan fingerprint density at radius 1 is 1.23 bits per heavy atom. The maximum Gasteiger partial charge on any atom is 0.410 e. The number of ether oxygens (including phenoxy) is 3. The van der Waals surface area contributed by atoms with E-state index in [4.69, 9.17) is 14.2 Å². The fourth-order valence-corrected chi connectivity index (χ4v) is 3.17. The molecule has 9 heteroatoms. The largest absolute Gasteiger partial charge is 0.478 e. The summed E-state index contributed by atoms with van der Waals surface area (Å²) in [6.07, 6.45) is 3.46. The molecule has 2 aromatic rings. The van der Waals surface area contributed by atoms with Gasteiger partial charge in [-0.3, -0.25) is 0 Å². The molecule has 3 heterocycles. The first-order valence-electron chi connectivity index (χ1n) is 10.8. The zero-order valence-corrected chi connectivity index (χ0v) is 18.6. The van der Waals surface area contributed by atoms with Gasteiger partial charge in [0.2, 0.25) is 11.8 Å². The zero-order valence-electron chi connectivity index (χ0n) is 18.6. The van der Waals surface area contributed by atoms with Crippen molar-refractivity contribution in [2.24, 2.45) is 0 Å². The van der Waals surface area contributed by atoms with Gasteiger partial charge < -0.3 is 24.4 Å². The van der Waals surface area contributed by atoms with E-state index in [1.807, 2.05) is 32.9 Å². The number of carbonyl (C=O) groups is 1. The molecule has 2 aromatic heterocycles. The van der Waals surface area contributed by atoms with Crippen LogP contribution in [0.2, 0.25) is 0 Å². The van der Waals surface area contributed by atoms with Crippen molar-refractivity contribution in [2.75, 3.05) is 25.0 Å². The highest BCUT2D eigenvalue weighted by atomic mass is 16.6. The van der Waals surface area contributed by atoms with Crippen LogP contribution in [0, 0.1) is 6.92 Å². The number of aromatic nitrogens is 3. The average molecular weight is 430 g/mol. The molecule has 0 saturated carbocycles. The highest BCUT2D eigenvalue weighted by Gasteiger charge is 2.25. The van der Waals surface area contributed by atoms with Crippen molar-refractivity contribution in [1.82, 2.24) is 19.9 Å². The van der Waals surface area contributed by atoms with E-state index in [-0.39, 0.29) is 18.3 Å². The molecule has 0 atom stereocenters. The fourth-order valence-electron chi connectivity index (χ4n) is 3.17. The quantitative estimate of drug-likeness (QED) is 0.670. The molecule has 9 nitrogen and oxygen atoms in total. The second-order valence-electron chi connectivity index (χ2n) is 7.73. The number of rotatable bonds is 8. The van der Waals surface area contributed by atoms with Crippen LogP contribution in [0.25, 0.3) is 0 Å². The monoisotopic (exact) mass is 429 g/mol. The Kier molecular flexibility index (Phi) is 7.86. The Bertz CT molecular complexity index is 869. The highest BCUT2D eigenvalue weighted by molar-refractivity contribution is 5.67. The lowest BCUT2D eigenvalue weighted by Crippen LogP contribution is -2.42. The number of amides is 1. The summed E-state index contributed by atoms with van der Waals surface area (Å²) in [7, 11) is 0. The Morgan fingerprint density at radius 3 is 2.68 bits per heavy atom. The second kappa shape index (κ2) is 10.8. The van der Waals surface area contributed by atoms with Crippen molar-refractivity contribution >= 4 is 17.6 Å². The van der Waals surface area contributed by atoms with Crippen LogP contribution in [0.5, 0.6) is 11.8 Å². The number of nitrogens with one attached hydrogen (secondary N) is 1. The minimum Gasteiger partial charge on any atom is -0.478 e. The highest BCUT2D eigenvalue weighted by Crippen LogP contribution is 2.24. The topological polar surface area (TPSA) is 98.7 Å². The van der Waals surface area contributed by atoms with E-state index < -0.39 is 0 Å². The third-order valence-electron chi connectivity index (χ3n) is 4.74. The van der Waals surface area contributed by atoms with Gasteiger partial charge >= 0.3 is 6.09 Å². The molecule has 1 N–H and O–H groups in total. The number of hydrogen-bond donors (Lipinski definition) is 1. The molecule has 1 fully saturated rings. The molecule has 31 heavy (non-hydrogen) atoms. The maximum absolute atomic E-state index is 12.0. The summed E-state index contributed by atoms with van der Waals surface area (Å²) < 4.78 is 16.9. The van der Waals surface area contributed by atoms with Crippen LogP contribution in [-0.4, -0.2) is 57.8 Å². The molecule has 3 rings (SSSR count). The number of pyridine rings is 1. The standard InChI is InChI=1S/C22H31N5O4/c1-5-12-29-20-7-6-18(16(4)25-20)26-19-13-21(24-14-23-19)31-17-8-10-27(11-9-17)22(28)30-15(2)3/h6-7,13-15,17H,5,8-12H2,1-4H3,(H,23,24,26). The summed E-state index contributed by atoms with van der Waals surface area (Å²) in [5.41, 5.74) is 1.65. The van der Waals surface area contributed by atoms with E-state index in [2.05, 4.69) is 27.2 Å². The summed E-state index contributed by atoms with van der Waals surface area (Å²) in [6, 6.07) is 5.52. The minimum absolute atomic E-state index is 0.00995. The van der Waals surface area contributed by atoms with E-state index in [9.17, 15) is 4.79 Å². The number of carbonyl (C=O) groups excluding carboxylic acids is 1. The van der Waals surface area contributed by atoms with Gasteiger partial charge in [0.25, 0.3) is 0 Å². The lowest BCUT2D eigenvalue weighted by atomic mass is 10.1. The minimum atomic E-state index is -0.267. The van der Waals surface area contributed by atoms with Crippen molar-refractivity contribution in [3.05, 3.63) is 30.2 Å². The van der Waals surface area contributed by atoms with Crippen LogP contribution < -0.4 is 14.8 Å². The van der Waals surface area contributed by atoms with Crippen LogP contribution in [-0.2, 0) is 4.74 Å². The van der Waals surface area contributed by atoms with Gasteiger partial charge in [-0.1, -0.05) is 6.92 Å². The van der Waals surface area contributed by atoms with E-state index in [1.165, 1.54) is 6.33 Å². The number of piperidine rings is 1. The van der Waals surface area contributed by atoms with E-state index in [0.29, 0.717) is 37.3 Å². The van der Waals surface area contributed by atoms with Crippen molar-refractivity contribution < 1.29 is 19.0 Å². The molecule has 0 aromatic carbocycles. The molecule has 0 aliphatic carbocycles. The average Bonchev–Trinajstić information content (AvgIpc) is 2.74. The van der Waals surface area contributed by atoms with Gasteiger partial charge in [-0.05, 0) is 33.3 Å². The van der Waals surface area contributed by atoms with Crippen LogP contribution >= 0.6 is 0 Å². The molecule has 0 bridgehead atoms. The summed E-state index contributed by atoms with van der Waals surface area (Å²) in [4.78, 5) is 26.7. The predicted molar refractivity (Wildman–Crippen MR) is 117 cm³/mol. The van der Waals surface area contributed by atoms with Gasteiger partial charge in [0, 0.05) is 38.1 Å². The Labute approximate surface area is 183 Å². The number of aryl methyl sites for hydroxylation is 1. The van der Waals surface area contributed by atoms with Crippen LogP contribution in [0.4, 0.5) is 16.3 Å². The molecule has 1 aliphatic rings. The van der Waals surface area contributed by atoms with Crippen molar-refractivity contribution in [3.63, 3.8) is 0 Å². The summed E-state index contributed by atoms with van der Waals surface area (Å²) in [6.45, 7) is 9.51. The normalized spacial score (nSPS) is 14.4. The summed E-state index contributed by atoms with van der Waals surface area (Å²) in [5, 5.41) is 3.25. The lowest BCUT2D eigenvalue weighted by Gasteiger charge is -2.31. The molecule has 1 saturated heterocycles. The molecule has 168 valence electrons. The third-order valence-corrected chi connectivity index (χ3v) is 4.74. The Morgan fingerprint density at radius 2 is 2.00 bits per heavy atom. The first kappa shape index (κ1) is 22.6. The van der Waals surface area contributed by atoms with Gasteiger partial charge in [0.15, 0.2) is 0 Å². The van der Waals surface area contributed by atoms with Crippen molar-refractivity contribution in [2.45, 2.75) is 59.2 Å². The number of hydrogen-bond acceptors (Lipinski definition) is 8. The van der Waals surface area contributed by atoms with Crippen LogP contribution in [0.3, 0.4) is 0 Å². The number of anilines is 2. The molecular formula is C22H31N5O4. The fraction of sp³-hybridized carbons (Fsp3) is 0.545. The van der Waals surface area contributed by atoms with E-state index in [0.717, 1.165) is 30.6 Å². The van der Waals surface area contributed by atoms with Gasteiger partial charge in [-0.25, -0.2) is 19.7 Å². The van der Waals surface area contributed by atoms with Gasteiger partial charge in [0.05, 0.1) is 24.1 Å². The smallest absolute Gasteiger partial charge is 0.410 e. The van der Waals surface area contributed by atoms with Crippen molar-refractivity contribution in [1.29, 1.82) is 0 Å². The first-order chi connectivity index (χ1) is 14.9. The Hall–Kier alpha value is -3.10. The third kappa shape index (κ3) is 6.70. The van der Waals surface area contributed by atoms with E-state index in [1.54, 1.807) is 11.0 Å². The zero-order chi connectivity index (χ0) is 22.2. The number of nitrogens with zero attached hydrogens (tertiary/aromatic N) is 4. The number of likely N-dealkylation sites (tertiary alicyclic amines) is 1. The lowest BCUT2D eigenvalue weighted by molar-refractivity contribution is 0.0507. The molecule has 0 radical (unpaired) electrons. The molecule has 1 aliphatic heterocycles. The van der Waals surface area contributed by atoms with Crippen molar-refractivity contribution in [3.8, 4) is 11.8 Å². The summed E-state index contributed by atoms with van der Waals surface area (Å²) >= 11 is 0. The maximum atomic E-state index is 12.0. The van der Waals surface area contributed by atoms with Crippen LogP contribution in [0.15, 0.2) is 24.5 Å². The van der Waals surface area contributed by atoms with Gasteiger partial charge in [-0.2, -0.15) is 0 Å². The van der Waals surface area contributed by atoms with Crippen LogP contribution in [0.1, 0.15) is 45.7 Å². The van der Waals surface area contributed by atoms with E-state index >= 15 is 0 Å². The first-order valence-corrected chi connectivity index (χ1v) is 10.8. The molecule has 0 spiro atoms. The molecular weight excluding hydrogens is 398 g/mol. The Balaban J connectivity index is 1.55. The molecule has 0 unspecified atom stereocenters. The second-order valence-corrected chi connectivity index (χ2v) is 7.73. The predicted octanol–water partition coefficient (Wildman–Crippen LogP) is 4.10. The SMILES string of the molecule is CCCOc1ccc(Nc2cc(OC3CCN(C(=O)OC(C)C)CC3)ncn2)c(C)n1. The van der Waals surface area contributed by atoms with Gasteiger partial charge in [0.1, 0.15) is 18.2 Å². The van der Waals surface area contributed by atoms with Gasteiger partial charge in [-0.15, -0.1) is 0 Å². The molecule has 1 amide bonds. The summed E-state index contributed by atoms with van der Waals surface area (Å²) in [5.74, 6) is 1.73.